The lowest BCUT2D eigenvalue weighted by Gasteiger charge is -2.40. The fraction of sp³-hybridized carbons (Fsp3) is 0.647. The Hall–Kier alpha value is -2.27. The van der Waals surface area contributed by atoms with Crippen molar-refractivity contribution in [1.29, 1.82) is 5.26 Å². The Labute approximate surface area is 146 Å². The second kappa shape index (κ2) is 7.31. The van der Waals surface area contributed by atoms with Crippen molar-refractivity contribution in [3.63, 3.8) is 0 Å². The summed E-state index contributed by atoms with van der Waals surface area (Å²) in [5.74, 6) is 0.660. The van der Waals surface area contributed by atoms with Gasteiger partial charge in [0, 0.05) is 37.4 Å². The molecule has 7 nitrogen and oxygen atoms in total. The molecule has 2 unspecified atom stereocenters. The summed E-state index contributed by atoms with van der Waals surface area (Å²) in [6.07, 6.45) is 5.84. The Kier molecular flexibility index (Phi) is 5.13. The number of amides is 1. The lowest BCUT2D eigenvalue weighted by Crippen LogP contribution is -2.54. The highest BCUT2D eigenvalue weighted by Gasteiger charge is 2.36. The molecule has 134 valence electrons. The van der Waals surface area contributed by atoms with Gasteiger partial charge < -0.3 is 15.1 Å². The van der Waals surface area contributed by atoms with Gasteiger partial charge >= 0.3 is 0 Å². The quantitative estimate of drug-likeness (QED) is 0.871. The average Bonchev–Trinajstić information content (AvgIpc) is 3.02. The first-order valence-electron chi connectivity index (χ1n) is 8.60. The van der Waals surface area contributed by atoms with E-state index in [9.17, 15) is 9.18 Å². The van der Waals surface area contributed by atoms with E-state index in [-0.39, 0.29) is 31.0 Å². The number of piperidine rings is 1. The minimum Gasteiger partial charge on any atom is -0.355 e. The van der Waals surface area contributed by atoms with Crippen LogP contribution in [0.4, 0.5) is 10.2 Å². The molecule has 0 aromatic carbocycles. The first-order chi connectivity index (χ1) is 12.0. The van der Waals surface area contributed by atoms with Crippen molar-refractivity contribution < 1.29 is 9.18 Å². The van der Waals surface area contributed by atoms with Crippen LogP contribution in [0.25, 0.3) is 0 Å². The van der Waals surface area contributed by atoms with E-state index in [4.69, 9.17) is 5.26 Å². The molecule has 1 aromatic rings. The third-order valence-electron chi connectivity index (χ3n) is 5.13. The zero-order valence-electron chi connectivity index (χ0n) is 14.4. The number of anilines is 1. The van der Waals surface area contributed by atoms with Gasteiger partial charge in [-0.2, -0.15) is 5.26 Å². The Balaban J connectivity index is 1.50. The van der Waals surface area contributed by atoms with Gasteiger partial charge in [-0.15, -0.1) is 0 Å². The maximum Gasteiger partial charge on any atom is 0.237 e. The summed E-state index contributed by atoms with van der Waals surface area (Å²) < 4.78 is 13.5. The number of aromatic nitrogens is 2. The second-order valence-electron chi connectivity index (χ2n) is 6.99. The second-order valence-corrected chi connectivity index (χ2v) is 6.99. The molecule has 3 heterocycles. The van der Waals surface area contributed by atoms with E-state index < -0.39 is 12.2 Å². The van der Waals surface area contributed by atoms with Gasteiger partial charge in [0.2, 0.25) is 5.91 Å². The Morgan fingerprint density at radius 1 is 1.48 bits per heavy atom. The van der Waals surface area contributed by atoms with E-state index in [0.29, 0.717) is 0 Å². The monoisotopic (exact) mass is 346 g/mol. The van der Waals surface area contributed by atoms with Gasteiger partial charge in [-0.1, -0.05) is 0 Å². The van der Waals surface area contributed by atoms with Gasteiger partial charge in [0.25, 0.3) is 0 Å². The number of likely N-dealkylation sites (tertiary alicyclic amines) is 1. The van der Waals surface area contributed by atoms with E-state index in [1.54, 1.807) is 18.6 Å². The van der Waals surface area contributed by atoms with Crippen LogP contribution in [0.3, 0.4) is 0 Å². The lowest BCUT2D eigenvalue weighted by atomic mass is 9.89. The predicted octanol–water partition coefficient (Wildman–Crippen LogP) is 0.888. The topological polar surface area (TPSA) is 85.2 Å². The number of hydrogen-bond donors (Lipinski definition) is 1. The first-order valence-corrected chi connectivity index (χ1v) is 8.60. The van der Waals surface area contributed by atoms with Crippen LogP contribution in [0, 0.1) is 11.3 Å². The number of carbonyl (C=O) groups is 1. The molecule has 2 aliphatic rings. The molecule has 0 spiro atoms. The number of carbonyl (C=O) groups excluding carboxylic acids is 1. The van der Waals surface area contributed by atoms with Gasteiger partial charge in [-0.25, -0.2) is 9.37 Å². The first kappa shape index (κ1) is 17.5. The largest absolute Gasteiger partial charge is 0.355 e. The number of alkyl halides is 1. The average molecular weight is 346 g/mol. The number of rotatable bonds is 4. The third-order valence-corrected chi connectivity index (χ3v) is 5.13. The maximum atomic E-state index is 13.5. The minimum atomic E-state index is -1.10. The Bertz CT molecular complexity index is 640. The summed E-state index contributed by atoms with van der Waals surface area (Å²) in [5, 5.41) is 12.4. The normalized spacial score (nSPS) is 25.6. The van der Waals surface area contributed by atoms with Crippen LogP contribution in [0.2, 0.25) is 0 Å². The molecule has 1 N–H and O–H groups in total. The number of nitrogens with zero attached hydrogens (tertiary/aromatic N) is 5. The summed E-state index contributed by atoms with van der Waals surface area (Å²) in [6.45, 7) is 3.90. The van der Waals surface area contributed by atoms with Crippen molar-refractivity contribution >= 4 is 11.7 Å². The van der Waals surface area contributed by atoms with Crippen molar-refractivity contribution in [2.24, 2.45) is 0 Å². The molecule has 0 radical (unpaired) electrons. The molecular weight excluding hydrogens is 323 g/mol. The van der Waals surface area contributed by atoms with E-state index in [1.165, 1.54) is 4.90 Å². The van der Waals surface area contributed by atoms with E-state index in [1.807, 2.05) is 6.07 Å². The molecule has 8 heteroatoms. The predicted molar refractivity (Wildman–Crippen MR) is 90.5 cm³/mol. The summed E-state index contributed by atoms with van der Waals surface area (Å²) in [4.78, 5) is 24.3. The molecule has 1 amide bonds. The number of nitriles is 1. The van der Waals surface area contributed by atoms with Crippen LogP contribution in [0.15, 0.2) is 18.6 Å². The van der Waals surface area contributed by atoms with Gasteiger partial charge in [-0.3, -0.25) is 9.78 Å². The molecule has 2 atom stereocenters. The molecule has 0 saturated carbocycles. The fourth-order valence-corrected chi connectivity index (χ4v) is 3.43. The van der Waals surface area contributed by atoms with Gasteiger partial charge in [0.15, 0.2) is 0 Å². The van der Waals surface area contributed by atoms with Crippen LogP contribution in [0.1, 0.15) is 26.2 Å². The Morgan fingerprint density at radius 3 is 2.88 bits per heavy atom. The standard InChI is InChI=1S/C17H23FN6O/c1-17(2-6-23(7-3-17)15-10-20-4-5-21-15)22-11-16(25)24-12-13(18)8-14(24)9-19/h4-5,10,13-14,22H,2-3,6-8,11-12H2,1H3. The molecule has 25 heavy (non-hydrogen) atoms. The van der Waals surface area contributed by atoms with Crippen molar-refractivity contribution in [3.8, 4) is 6.07 Å². The molecular formula is C17H23FN6O. The number of halogens is 1. The molecule has 0 aliphatic carbocycles. The highest BCUT2D eigenvalue weighted by Crippen LogP contribution is 2.25. The highest BCUT2D eigenvalue weighted by molar-refractivity contribution is 5.79. The SMILES string of the molecule is CC1(NCC(=O)N2CC(F)CC2C#N)CCN(c2cnccn2)CC1. The van der Waals surface area contributed by atoms with Crippen LogP contribution >= 0.6 is 0 Å². The zero-order chi connectivity index (χ0) is 17.9. The summed E-state index contributed by atoms with van der Waals surface area (Å²) in [7, 11) is 0. The Morgan fingerprint density at radius 2 is 2.24 bits per heavy atom. The fourth-order valence-electron chi connectivity index (χ4n) is 3.43. The molecule has 2 fully saturated rings. The number of hydrogen-bond acceptors (Lipinski definition) is 6. The molecule has 0 bridgehead atoms. The smallest absolute Gasteiger partial charge is 0.237 e. The van der Waals surface area contributed by atoms with Crippen molar-refractivity contribution in [1.82, 2.24) is 20.2 Å². The van der Waals surface area contributed by atoms with Crippen LogP contribution in [0.5, 0.6) is 0 Å². The molecule has 3 rings (SSSR count). The van der Waals surface area contributed by atoms with Crippen molar-refractivity contribution in [3.05, 3.63) is 18.6 Å². The van der Waals surface area contributed by atoms with Gasteiger partial charge in [0.1, 0.15) is 18.0 Å². The molecule has 2 aliphatic heterocycles. The zero-order valence-corrected chi connectivity index (χ0v) is 14.4. The lowest BCUT2D eigenvalue weighted by molar-refractivity contribution is -0.130. The van der Waals surface area contributed by atoms with Crippen LogP contribution in [-0.4, -0.2) is 64.7 Å². The van der Waals surface area contributed by atoms with Gasteiger partial charge in [0.05, 0.1) is 25.4 Å². The van der Waals surface area contributed by atoms with Crippen LogP contribution in [-0.2, 0) is 4.79 Å². The number of nitrogens with one attached hydrogen (secondary N) is 1. The minimum absolute atomic E-state index is 0.0237. The molecule has 2 saturated heterocycles. The van der Waals surface area contributed by atoms with E-state index in [2.05, 4.69) is 27.1 Å². The van der Waals surface area contributed by atoms with Gasteiger partial charge in [-0.05, 0) is 19.8 Å². The summed E-state index contributed by atoms with van der Waals surface area (Å²) in [5.41, 5.74) is -0.161. The maximum absolute atomic E-state index is 13.5. The van der Waals surface area contributed by atoms with Crippen molar-refractivity contribution in [2.45, 2.75) is 43.9 Å². The molecule has 1 aromatic heterocycles. The highest BCUT2D eigenvalue weighted by atomic mass is 19.1. The van der Waals surface area contributed by atoms with E-state index >= 15 is 0 Å². The summed E-state index contributed by atoms with van der Waals surface area (Å²) >= 11 is 0. The third kappa shape index (κ3) is 4.04. The van der Waals surface area contributed by atoms with Crippen molar-refractivity contribution in [2.75, 3.05) is 31.1 Å². The van der Waals surface area contributed by atoms with Crippen LogP contribution < -0.4 is 10.2 Å². The summed E-state index contributed by atoms with van der Waals surface area (Å²) in [6, 6.07) is 1.37. The van der Waals surface area contributed by atoms with E-state index in [0.717, 1.165) is 31.7 Å².